The Balaban J connectivity index is 3.09. The van der Waals surface area contributed by atoms with Crippen LogP contribution in [0.15, 0.2) is 11.6 Å². The minimum atomic E-state index is -1.00. The van der Waals surface area contributed by atoms with Crippen molar-refractivity contribution in [3.63, 3.8) is 0 Å². The van der Waals surface area contributed by atoms with E-state index in [-0.39, 0.29) is 35.4 Å². The standard InChI is InChI=1S/C23H41N3O4/c1-14(2)18(12-16(4)22(29)30)26(9)21(28)19(23(5,6)7)24-20(27)17-11-10-15(3)13-25(17)8/h12,14-15,17-19H,10-11,13H2,1-9H3,(H,24,27)(H,29,30)/t15-,17-,18+,19+/m0/s1. The fourth-order valence-electron chi connectivity index (χ4n) is 4.02. The zero-order valence-electron chi connectivity index (χ0n) is 20.2. The molecule has 0 unspecified atom stereocenters. The van der Waals surface area contributed by atoms with Gasteiger partial charge in [0.15, 0.2) is 0 Å². The second-order valence-corrected chi connectivity index (χ2v) is 10.3. The molecule has 0 aliphatic carbocycles. The number of carbonyl (C=O) groups is 3. The van der Waals surface area contributed by atoms with Crippen molar-refractivity contribution in [1.29, 1.82) is 0 Å². The lowest BCUT2D eigenvalue weighted by molar-refractivity contribution is -0.141. The third-order valence-corrected chi connectivity index (χ3v) is 6.00. The van der Waals surface area contributed by atoms with Crippen molar-refractivity contribution >= 4 is 17.8 Å². The molecule has 30 heavy (non-hydrogen) atoms. The Kier molecular flexibility index (Phi) is 9.08. The van der Waals surface area contributed by atoms with Gasteiger partial charge in [-0.15, -0.1) is 0 Å². The highest BCUT2D eigenvalue weighted by Crippen LogP contribution is 2.25. The molecular weight excluding hydrogens is 382 g/mol. The Bertz CT molecular complexity index is 666. The van der Waals surface area contributed by atoms with Crippen molar-refractivity contribution in [3.05, 3.63) is 11.6 Å². The van der Waals surface area contributed by atoms with Gasteiger partial charge in [-0.3, -0.25) is 14.5 Å². The first-order chi connectivity index (χ1) is 13.7. The predicted octanol–water partition coefficient (Wildman–Crippen LogP) is 2.76. The highest BCUT2D eigenvalue weighted by atomic mass is 16.4. The van der Waals surface area contributed by atoms with Crippen LogP contribution in [0.1, 0.15) is 61.3 Å². The smallest absolute Gasteiger partial charge is 0.331 e. The van der Waals surface area contributed by atoms with Gasteiger partial charge < -0.3 is 15.3 Å². The molecule has 0 radical (unpaired) electrons. The zero-order chi connectivity index (χ0) is 23.4. The SMILES string of the molecule is CC(=C[C@H](C(C)C)N(C)C(=O)[C@@H](NC(=O)[C@@H]1CC[C@H](C)CN1C)C(C)(C)C)C(=O)O. The molecule has 7 nitrogen and oxygen atoms in total. The summed E-state index contributed by atoms with van der Waals surface area (Å²) in [7, 11) is 3.63. The number of hydrogen-bond donors (Lipinski definition) is 2. The number of nitrogens with zero attached hydrogens (tertiary/aromatic N) is 2. The number of rotatable bonds is 7. The molecule has 0 aromatic heterocycles. The van der Waals surface area contributed by atoms with Gasteiger partial charge in [-0.05, 0) is 44.1 Å². The van der Waals surface area contributed by atoms with Crippen molar-refractivity contribution < 1.29 is 19.5 Å². The highest BCUT2D eigenvalue weighted by molar-refractivity contribution is 5.91. The first-order valence-corrected chi connectivity index (χ1v) is 10.9. The average molecular weight is 424 g/mol. The third kappa shape index (κ3) is 6.83. The Labute approximate surface area is 181 Å². The van der Waals surface area contributed by atoms with E-state index in [0.717, 1.165) is 19.4 Å². The van der Waals surface area contributed by atoms with E-state index in [4.69, 9.17) is 0 Å². The minimum Gasteiger partial charge on any atom is -0.478 e. The van der Waals surface area contributed by atoms with Crippen LogP contribution in [0.3, 0.4) is 0 Å². The number of carboxylic acids is 1. The first-order valence-electron chi connectivity index (χ1n) is 10.9. The fraction of sp³-hybridized carbons (Fsp3) is 0.783. The number of piperidine rings is 1. The summed E-state index contributed by atoms with van der Waals surface area (Å²) in [5.74, 6) is -0.756. The van der Waals surface area contributed by atoms with Gasteiger partial charge in [0.1, 0.15) is 6.04 Å². The lowest BCUT2D eigenvalue weighted by Crippen LogP contribution is -2.60. The Hall–Kier alpha value is -1.89. The van der Waals surface area contributed by atoms with Crippen molar-refractivity contribution in [1.82, 2.24) is 15.1 Å². The van der Waals surface area contributed by atoms with Gasteiger partial charge in [0.2, 0.25) is 11.8 Å². The molecule has 1 saturated heterocycles. The van der Waals surface area contributed by atoms with E-state index in [1.807, 2.05) is 41.7 Å². The van der Waals surface area contributed by atoms with Gasteiger partial charge in [-0.25, -0.2) is 4.79 Å². The van der Waals surface area contributed by atoms with Crippen LogP contribution < -0.4 is 5.32 Å². The van der Waals surface area contributed by atoms with Crippen molar-refractivity contribution in [3.8, 4) is 0 Å². The second kappa shape index (κ2) is 10.4. The number of hydrogen-bond acceptors (Lipinski definition) is 4. The largest absolute Gasteiger partial charge is 0.478 e. The van der Waals surface area contributed by atoms with E-state index in [0.29, 0.717) is 5.92 Å². The van der Waals surface area contributed by atoms with E-state index in [1.165, 1.54) is 6.92 Å². The topological polar surface area (TPSA) is 90.0 Å². The zero-order valence-corrected chi connectivity index (χ0v) is 20.2. The summed E-state index contributed by atoms with van der Waals surface area (Å²) in [6.45, 7) is 14.3. The van der Waals surface area contributed by atoms with E-state index >= 15 is 0 Å². The molecule has 0 bridgehead atoms. The maximum atomic E-state index is 13.5. The summed E-state index contributed by atoms with van der Waals surface area (Å²) >= 11 is 0. The lowest BCUT2D eigenvalue weighted by Gasteiger charge is -2.40. The Morgan fingerprint density at radius 1 is 1.20 bits per heavy atom. The van der Waals surface area contributed by atoms with Crippen LogP contribution in [0, 0.1) is 17.3 Å². The summed E-state index contributed by atoms with van der Waals surface area (Å²) < 4.78 is 0. The number of nitrogens with one attached hydrogen (secondary N) is 1. The van der Waals surface area contributed by atoms with E-state index in [1.54, 1.807) is 18.0 Å². The van der Waals surface area contributed by atoms with Crippen LogP contribution >= 0.6 is 0 Å². The molecule has 1 rings (SSSR count). The van der Waals surface area contributed by atoms with Crippen LogP contribution in [0.5, 0.6) is 0 Å². The molecule has 0 saturated carbocycles. The molecule has 0 aromatic carbocycles. The maximum Gasteiger partial charge on any atom is 0.331 e. The second-order valence-electron chi connectivity index (χ2n) is 10.3. The lowest BCUT2D eigenvalue weighted by atomic mass is 9.84. The van der Waals surface area contributed by atoms with Gasteiger partial charge in [0, 0.05) is 19.2 Å². The van der Waals surface area contributed by atoms with Gasteiger partial charge in [0.05, 0.1) is 12.1 Å². The molecule has 2 amide bonds. The average Bonchev–Trinajstić information content (AvgIpc) is 2.61. The number of carbonyl (C=O) groups excluding carboxylic acids is 2. The van der Waals surface area contributed by atoms with Crippen LogP contribution in [0.25, 0.3) is 0 Å². The summed E-state index contributed by atoms with van der Waals surface area (Å²) in [5, 5.41) is 12.3. The monoisotopic (exact) mass is 423 g/mol. The first kappa shape index (κ1) is 26.1. The quantitative estimate of drug-likeness (QED) is 0.615. The molecule has 1 fully saturated rings. The minimum absolute atomic E-state index is 0.0236. The molecule has 172 valence electrons. The molecule has 0 spiro atoms. The fourth-order valence-corrected chi connectivity index (χ4v) is 4.02. The number of likely N-dealkylation sites (tertiary alicyclic amines) is 1. The summed E-state index contributed by atoms with van der Waals surface area (Å²) in [6, 6.07) is -1.32. The number of likely N-dealkylation sites (N-methyl/N-ethyl adjacent to an activating group) is 2. The van der Waals surface area contributed by atoms with Gasteiger partial charge in [-0.1, -0.05) is 47.6 Å². The van der Waals surface area contributed by atoms with Gasteiger partial charge in [-0.2, -0.15) is 0 Å². The van der Waals surface area contributed by atoms with Crippen molar-refractivity contribution in [2.24, 2.45) is 17.3 Å². The van der Waals surface area contributed by atoms with E-state index < -0.39 is 17.4 Å². The van der Waals surface area contributed by atoms with Crippen LogP contribution in [-0.4, -0.2) is 71.5 Å². The van der Waals surface area contributed by atoms with E-state index in [2.05, 4.69) is 17.1 Å². The Morgan fingerprint density at radius 2 is 1.77 bits per heavy atom. The Morgan fingerprint density at radius 3 is 2.20 bits per heavy atom. The molecule has 0 aromatic rings. The molecule has 4 atom stereocenters. The summed E-state index contributed by atoms with van der Waals surface area (Å²) in [6.07, 6.45) is 3.38. The maximum absolute atomic E-state index is 13.5. The molecule has 7 heteroatoms. The summed E-state index contributed by atoms with van der Waals surface area (Å²) in [5.41, 5.74) is -0.295. The van der Waals surface area contributed by atoms with Gasteiger partial charge >= 0.3 is 5.97 Å². The third-order valence-electron chi connectivity index (χ3n) is 6.00. The summed E-state index contributed by atoms with van der Waals surface area (Å²) in [4.78, 5) is 41.4. The van der Waals surface area contributed by atoms with Crippen molar-refractivity contribution in [2.45, 2.75) is 79.4 Å². The molecule has 1 aliphatic rings. The van der Waals surface area contributed by atoms with Crippen LogP contribution in [0.4, 0.5) is 0 Å². The molecule has 1 heterocycles. The van der Waals surface area contributed by atoms with Crippen LogP contribution in [-0.2, 0) is 14.4 Å². The number of carboxylic acid groups (broad SMARTS) is 1. The molecule has 1 aliphatic heterocycles. The van der Waals surface area contributed by atoms with Crippen LogP contribution in [0.2, 0.25) is 0 Å². The molecular formula is C23H41N3O4. The molecule has 2 N–H and O–H groups in total. The number of aliphatic carboxylic acids is 1. The van der Waals surface area contributed by atoms with E-state index in [9.17, 15) is 19.5 Å². The van der Waals surface area contributed by atoms with Gasteiger partial charge in [0.25, 0.3) is 0 Å². The van der Waals surface area contributed by atoms with Crippen molar-refractivity contribution in [2.75, 3.05) is 20.6 Å². The normalized spacial score (nSPS) is 23.1. The number of amides is 2. The highest BCUT2D eigenvalue weighted by Gasteiger charge is 2.39. The predicted molar refractivity (Wildman–Crippen MR) is 119 cm³/mol.